The second-order valence-corrected chi connectivity index (χ2v) is 4.89. The summed E-state index contributed by atoms with van der Waals surface area (Å²) in [5, 5.41) is 10.4. The van der Waals surface area contributed by atoms with E-state index in [-0.39, 0.29) is 5.82 Å². The van der Waals surface area contributed by atoms with Gasteiger partial charge in [-0.1, -0.05) is 30.3 Å². The van der Waals surface area contributed by atoms with Crippen LogP contribution < -0.4 is 0 Å². The topological polar surface area (TPSA) is 29.5 Å². The lowest BCUT2D eigenvalue weighted by atomic mass is 9.96. The minimum atomic E-state index is -0.804. The summed E-state index contributed by atoms with van der Waals surface area (Å²) >= 11 is 0. The van der Waals surface area contributed by atoms with E-state index in [0.717, 1.165) is 23.1 Å². The van der Waals surface area contributed by atoms with Crippen molar-refractivity contribution in [2.45, 2.75) is 19.4 Å². The van der Waals surface area contributed by atoms with Crippen molar-refractivity contribution in [2.24, 2.45) is 0 Å². The van der Waals surface area contributed by atoms with E-state index in [1.807, 2.05) is 31.2 Å². The molecule has 20 heavy (non-hydrogen) atoms. The zero-order valence-corrected chi connectivity index (χ0v) is 11.8. The van der Waals surface area contributed by atoms with Crippen molar-refractivity contribution in [3.05, 3.63) is 70.5 Å². The van der Waals surface area contributed by atoms with Crippen molar-refractivity contribution in [2.75, 3.05) is 13.7 Å². The van der Waals surface area contributed by atoms with E-state index in [9.17, 15) is 9.50 Å². The van der Waals surface area contributed by atoms with Gasteiger partial charge in [-0.3, -0.25) is 0 Å². The lowest BCUT2D eigenvalue weighted by Gasteiger charge is -2.15. The van der Waals surface area contributed by atoms with E-state index in [4.69, 9.17) is 4.74 Å². The average Bonchev–Trinajstić information content (AvgIpc) is 2.47. The van der Waals surface area contributed by atoms with Crippen LogP contribution >= 0.6 is 0 Å². The van der Waals surface area contributed by atoms with Gasteiger partial charge in [-0.05, 0) is 47.7 Å². The predicted octanol–water partition coefficient (Wildman–Crippen LogP) is 3.40. The lowest BCUT2D eigenvalue weighted by Crippen LogP contribution is -2.03. The maximum Gasteiger partial charge on any atom is 0.123 e. The van der Waals surface area contributed by atoms with Crippen LogP contribution in [-0.2, 0) is 11.2 Å². The van der Waals surface area contributed by atoms with Gasteiger partial charge in [0.2, 0.25) is 0 Å². The van der Waals surface area contributed by atoms with Crippen LogP contribution in [0.15, 0.2) is 42.5 Å². The number of methoxy groups -OCH3 is 1. The fourth-order valence-electron chi connectivity index (χ4n) is 2.17. The third-order valence-electron chi connectivity index (χ3n) is 3.43. The molecule has 0 saturated heterocycles. The number of rotatable bonds is 5. The number of ether oxygens (including phenoxy) is 1. The van der Waals surface area contributed by atoms with Gasteiger partial charge in [-0.15, -0.1) is 0 Å². The summed E-state index contributed by atoms with van der Waals surface area (Å²) in [7, 11) is 1.67. The van der Waals surface area contributed by atoms with Crippen LogP contribution in [-0.4, -0.2) is 18.8 Å². The van der Waals surface area contributed by atoms with Crippen LogP contribution in [0.1, 0.15) is 28.4 Å². The number of halogens is 1. The highest BCUT2D eigenvalue weighted by Gasteiger charge is 2.13. The fourth-order valence-corrected chi connectivity index (χ4v) is 2.17. The maximum absolute atomic E-state index is 13.3. The Labute approximate surface area is 118 Å². The molecular weight excluding hydrogens is 255 g/mol. The van der Waals surface area contributed by atoms with Crippen LogP contribution in [0, 0.1) is 12.7 Å². The van der Waals surface area contributed by atoms with E-state index in [2.05, 4.69) is 0 Å². The second kappa shape index (κ2) is 6.64. The van der Waals surface area contributed by atoms with Crippen LogP contribution in [0.2, 0.25) is 0 Å². The quantitative estimate of drug-likeness (QED) is 0.905. The normalized spacial score (nSPS) is 12.4. The Morgan fingerprint density at radius 3 is 2.50 bits per heavy atom. The molecule has 0 aliphatic rings. The highest BCUT2D eigenvalue weighted by Crippen LogP contribution is 2.25. The third kappa shape index (κ3) is 3.44. The van der Waals surface area contributed by atoms with Gasteiger partial charge in [-0.25, -0.2) is 4.39 Å². The van der Waals surface area contributed by atoms with Gasteiger partial charge in [-0.2, -0.15) is 0 Å². The number of hydrogen-bond acceptors (Lipinski definition) is 2. The Bertz CT molecular complexity index is 564. The highest BCUT2D eigenvalue weighted by molar-refractivity contribution is 5.36. The molecule has 1 N–H and O–H groups in total. The molecule has 2 nitrogen and oxygen atoms in total. The Hall–Kier alpha value is -1.71. The summed E-state index contributed by atoms with van der Waals surface area (Å²) in [6, 6.07) is 12.2. The Morgan fingerprint density at radius 2 is 1.85 bits per heavy atom. The van der Waals surface area contributed by atoms with Crippen molar-refractivity contribution in [3.8, 4) is 0 Å². The Balaban J connectivity index is 2.20. The molecule has 0 saturated carbocycles. The maximum atomic E-state index is 13.3. The summed E-state index contributed by atoms with van der Waals surface area (Å²) in [5.74, 6) is -0.332. The first-order valence-corrected chi connectivity index (χ1v) is 6.63. The van der Waals surface area contributed by atoms with Crippen molar-refractivity contribution in [3.63, 3.8) is 0 Å². The van der Waals surface area contributed by atoms with E-state index in [0.29, 0.717) is 12.2 Å². The van der Waals surface area contributed by atoms with Gasteiger partial charge in [0.05, 0.1) is 6.61 Å². The molecular formula is C17H19FO2. The van der Waals surface area contributed by atoms with Crippen molar-refractivity contribution < 1.29 is 14.2 Å². The van der Waals surface area contributed by atoms with E-state index >= 15 is 0 Å². The molecule has 3 heteroatoms. The molecule has 2 aromatic rings. The third-order valence-corrected chi connectivity index (χ3v) is 3.43. The summed E-state index contributed by atoms with van der Waals surface area (Å²) in [4.78, 5) is 0. The highest BCUT2D eigenvalue weighted by atomic mass is 19.1. The summed E-state index contributed by atoms with van der Waals surface area (Å²) in [6.07, 6.45) is 0.0356. The first-order valence-electron chi connectivity index (χ1n) is 6.63. The molecule has 0 spiro atoms. The largest absolute Gasteiger partial charge is 0.384 e. The minimum absolute atomic E-state index is 0.332. The fraction of sp³-hybridized carbons (Fsp3) is 0.294. The van der Waals surface area contributed by atoms with Crippen molar-refractivity contribution in [1.82, 2.24) is 0 Å². The first kappa shape index (κ1) is 14.7. The van der Waals surface area contributed by atoms with Gasteiger partial charge < -0.3 is 9.84 Å². The average molecular weight is 274 g/mol. The molecule has 0 radical (unpaired) electrons. The standard InChI is InChI=1S/C17H19FO2/c1-12-3-8-15(18)11-16(12)17(19)14-6-4-13(5-7-14)9-10-20-2/h3-8,11,17,19H,9-10H2,1-2H3. The van der Waals surface area contributed by atoms with E-state index in [1.165, 1.54) is 12.1 Å². The Morgan fingerprint density at radius 1 is 1.15 bits per heavy atom. The molecule has 106 valence electrons. The molecule has 0 heterocycles. The second-order valence-electron chi connectivity index (χ2n) is 4.89. The summed E-state index contributed by atoms with van der Waals surface area (Å²) in [5.41, 5.74) is 3.40. The molecule has 2 aromatic carbocycles. The summed E-state index contributed by atoms with van der Waals surface area (Å²) < 4.78 is 18.3. The Kier molecular flexibility index (Phi) is 4.88. The molecule has 0 aromatic heterocycles. The van der Waals surface area contributed by atoms with Crippen LogP contribution in [0.3, 0.4) is 0 Å². The predicted molar refractivity (Wildman–Crippen MR) is 77.2 cm³/mol. The van der Waals surface area contributed by atoms with Crippen LogP contribution in [0.25, 0.3) is 0 Å². The lowest BCUT2D eigenvalue weighted by molar-refractivity contribution is 0.202. The van der Waals surface area contributed by atoms with Gasteiger partial charge in [0.1, 0.15) is 11.9 Å². The van der Waals surface area contributed by atoms with E-state index < -0.39 is 6.10 Å². The minimum Gasteiger partial charge on any atom is -0.384 e. The number of aliphatic hydroxyl groups excluding tert-OH is 1. The smallest absolute Gasteiger partial charge is 0.123 e. The van der Waals surface area contributed by atoms with Gasteiger partial charge in [0, 0.05) is 7.11 Å². The molecule has 0 aliphatic heterocycles. The van der Waals surface area contributed by atoms with Crippen molar-refractivity contribution >= 4 is 0 Å². The number of aliphatic hydroxyl groups is 1. The zero-order chi connectivity index (χ0) is 14.5. The zero-order valence-electron chi connectivity index (χ0n) is 11.8. The number of aryl methyl sites for hydroxylation is 1. The summed E-state index contributed by atoms with van der Waals surface area (Å²) in [6.45, 7) is 2.54. The molecule has 0 fully saturated rings. The molecule has 0 bridgehead atoms. The monoisotopic (exact) mass is 274 g/mol. The molecule has 1 atom stereocenters. The number of benzene rings is 2. The van der Waals surface area contributed by atoms with Gasteiger partial charge in [0.15, 0.2) is 0 Å². The molecule has 0 aliphatic carbocycles. The van der Waals surface area contributed by atoms with Crippen molar-refractivity contribution in [1.29, 1.82) is 0 Å². The van der Waals surface area contributed by atoms with Crippen LogP contribution in [0.4, 0.5) is 4.39 Å². The molecule has 2 rings (SSSR count). The van der Waals surface area contributed by atoms with Gasteiger partial charge >= 0.3 is 0 Å². The molecule has 1 unspecified atom stereocenters. The SMILES string of the molecule is COCCc1ccc(C(O)c2cc(F)ccc2C)cc1. The molecule has 0 amide bonds. The van der Waals surface area contributed by atoms with Gasteiger partial charge in [0.25, 0.3) is 0 Å². The van der Waals surface area contributed by atoms with Crippen LogP contribution in [0.5, 0.6) is 0 Å². The number of hydrogen-bond donors (Lipinski definition) is 1. The first-order chi connectivity index (χ1) is 9.61. The van der Waals surface area contributed by atoms with E-state index in [1.54, 1.807) is 13.2 Å².